The molecule has 2 rings (SSSR count). The zero-order valence-electron chi connectivity index (χ0n) is 11.0. The highest BCUT2D eigenvalue weighted by atomic mass is 16.5. The van der Waals surface area contributed by atoms with Crippen LogP contribution in [0, 0.1) is 6.92 Å². The second kappa shape index (κ2) is 5.65. The molecule has 0 fully saturated rings. The van der Waals surface area contributed by atoms with Gasteiger partial charge < -0.3 is 4.74 Å². The number of fused-ring (bicyclic) bond motifs is 1. The van der Waals surface area contributed by atoms with Crippen LogP contribution in [0.25, 0.3) is 10.9 Å². The van der Waals surface area contributed by atoms with Gasteiger partial charge in [0.05, 0.1) is 23.9 Å². The Bertz CT molecular complexity index is 661. The van der Waals surface area contributed by atoms with Gasteiger partial charge in [0.25, 0.3) is 5.56 Å². The molecule has 0 bridgehead atoms. The van der Waals surface area contributed by atoms with Crippen molar-refractivity contribution in [2.45, 2.75) is 26.8 Å². The topological polar surface area (TPSA) is 61.2 Å². The van der Waals surface area contributed by atoms with E-state index in [1.807, 2.05) is 6.07 Å². The molecule has 0 saturated carbocycles. The molecule has 0 aliphatic heterocycles. The maximum atomic E-state index is 12.3. The largest absolute Gasteiger partial charge is 0.466 e. The van der Waals surface area contributed by atoms with Gasteiger partial charge in [-0.05, 0) is 26.0 Å². The Labute approximate surface area is 110 Å². The Morgan fingerprint density at radius 1 is 1.37 bits per heavy atom. The SMILES string of the molecule is CCOC(=O)CCn1c(C)nc2ccccc2c1=O. The summed E-state index contributed by atoms with van der Waals surface area (Å²) < 4.78 is 6.37. The van der Waals surface area contributed by atoms with Crippen LogP contribution in [0.1, 0.15) is 19.2 Å². The third-order valence-corrected chi connectivity index (χ3v) is 2.90. The fourth-order valence-electron chi connectivity index (χ4n) is 1.98. The third-order valence-electron chi connectivity index (χ3n) is 2.90. The molecule has 0 spiro atoms. The van der Waals surface area contributed by atoms with Crippen molar-refractivity contribution in [2.24, 2.45) is 0 Å². The molecule has 100 valence electrons. The number of rotatable bonds is 4. The molecule has 0 aliphatic rings. The lowest BCUT2D eigenvalue weighted by molar-refractivity contribution is -0.143. The predicted octanol–water partition coefficient (Wildman–Crippen LogP) is 1.66. The monoisotopic (exact) mass is 260 g/mol. The molecule has 1 heterocycles. The molecule has 2 aromatic rings. The first-order valence-corrected chi connectivity index (χ1v) is 6.25. The van der Waals surface area contributed by atoms with E-state index >= 15 is 0 Å². The van der Waals surface area contributed by atoms with E-state index < -0.39 is 0 Å². The average Bonchev–Trinajstić information content (AvgIpc) is 2.39. The van der Waals surface area contributed by atoms with Gasteiger partial charge in [0.15, 0.2) is 0 Å². The number of carbonyl (C=O) groups is 1. The molecule has 5 heteroatoms. The summed E-state index contributed by atoms with van der Waals surface area (Å²) in [5, 5.41) is 0.567. The van der Waals surface area contributed by atoms with Crippen molar-refractivity contribution in [2.75, 3.05) is 6.61 Å². The van der Waals surface area contributed by atoms with E-state index in [2.05, 4.69) is 4.98 Å². The van der Waals surface area contributed by atoms with Gasteiger partial charge in [-0.25, -0.2) is 4.98 Å². The quantitative estimate of drug-likeness (QED) is 0.784. The number of benzene rings is 1. The number of aromatic nitrogens is 2. The fourth-order valence-corrected chi connectivity index (χ4v) is 1.98. The number of hydrogen-bond donors (Lipinski definition) is 0. The van der Waals surface area contributed by atoms with Crippen LogP contribution in [0.3, 0.4) is 0 Å². The molecule has 19 heavy (non-hydrogen) atoms. The van der Waals surface area contributed by atoms with E-state index in [1.54, 1.807) is 32.0 Å². The molecule has 0 saturated heterocycles. The second-order valence-corrected chi connectivity index (χ2v) is 4.19. The summed E-state index contributed by atoms with van der Waals surface area (Å²) in [6, 6.07) is 7.19. The van der Waals surface area contributed by atoms with Gasteiger partial charge in [-0.15, -0.1) is 0 Å². The van der Waals surface area contributed by atoms with E-state index in [0.717, 1.165) is 0 Å². The minimum absolute atomic E-state index is 0.118. The summed E-state index contributed by atoms with van der Waals surface area (Å²) in [7, 11) is 0. The lowest BCUT2D eigenvalue weighted by Crippen LogP contribution is -2.25. The van der Waals surface area contributed by atoms with Crippen LogP contribution < -0.4 is 5.56 Å². The van der Waals surface area contributed by atoms with Crippen LogP contribution in [0.4, 0.5) is 0 Å². The maximum Gasteiger partial charge on any atom is 0.307 e. The van der Waals surface area contributed by atoms with E-state index in [4.69, 9.17) is 4.74 Å². The minimum atomic E-state index is -0.304. The van der Waals surface area contributed by atoms with Gasteiger partial charge in [0.2, 0.25) is 0 Å². The minimum Gasteiger partial charge on any atom is -0.466 e. The highest BCUT2D eigenvalue weighted by molar-refractivity contribution is 5.77. The van der Waals surface area contributed by atoms with Gasteiger partial charge in [0.1, 0.15) is 5.82 Å². The Hall–Kier alpha value is -2.17. The Morgan fingerprint density at radius 2 is 2.11 bits per heavy atom. The summed E-state index contributed by atoms with van der Waals surface area (Å²) >= 11 is 0. The van der Waals surface area contributed by atoms with Crippen molar-refractivity contribution in [1.82, 2.24) is 9.55 Å². The Balaban J connectivity index is 2.33. The summed E-state index contributed by atoms with van der Waals surface area (Å²) in [5.74, 6) is 0.301. The molecular formula is C14H16N2O3. The lowest BCUT2D eigenvalue weighted by Gasteiger charge is -2.10. The first kappa shape index (κ1) is 13.3. The van der Waals surface area contributed by atoms with Gasteiger partial charge in [-0.2, -0.15) is 0 Å². The number of carbonyl (C=O) groups excluding carboxylic acids is 1. The number of nitrogens with zero attached hydrogens (tertiary/aromatic N) is 2. The van der Waals surface area contributed by atoms with Crippen molar-refractivity contribution in [3.63, 3.8) is 0 Å². The summed E-state index contributed by atoms with van der Waals surface area (Å²) in [6.45, 7) is 4.16. The van der Waals surface area contributed by atoms with E-state index in [9.17, 15) is 9.59 Å². The molecule has 1 aromatic heterocycles. The average molecular weight is 260 g/mol. The summed E-state index contributed by atoms with van der Waals surface area (Å²) in [4.78, 5) is 28.0. The van der Waals surface area contributed by atoms with Crippen molar-refractivity contribution >= 4 is 16.9 Å². The van der Waals surface area contributed by atoms with Crippen LogP contribution in [-0.2, 0) is 16.1 Å². The van der Waals surface area contributed by atoms with Crippen LogP contribution in [-0.4, -0.2) is 22.1 Å². The molecule has 0 atom stereocenters. The number of esters is 1. The molecule has 0 N–H and O–H groups in total. The van der Waals surface area contributed by atoms with Crippen molar-refractivity contribution in [3.05, 3.63) is 40.4 Å². The molecule has 0 aliphatic carbocycles. The van der Waals surface area contributed by atoms with E-state index in [-0.39, 0.29) is 17.9 Å². The van der Waals surface area contributed by atoms with Crippen LogP contribution in [0.15, 0.2) is 29.1 Å². The predicted molar refractivity (Wildman–Crippen MR) is 72.0 cm³/mol. The van der Waals surface area contributed by atoms with Gasteiger partial charge in [0, 0.05) is 6.54 Å². The zero-order chi connectivity index (χ0) is 13.8. The molecule has 1 aromatic carbocycles. The van der Waals surface area contributed by atoms with Crippen molar-refractivity contribution < 1.29 is 9.53 Å². The Kier molecular flexibility index (Phi) is 3.94. The highest BCUT2D eigenvalue weighted by Gasteiger charge is 2.09. The third kappa shape index (κ3) is 2.81. The number of hydrogen-bond acceptors (Lipinski definition) is 4. The second-order valence-electron chi connectivity index (χ2n) is 4.19. The van der Waals surface area contributed by atoms with Gasteiger partial charge in [-0.3, -0.25) is 14.2 Å². The maximum absolute atomic E-state index is 12.3. The normalized spacial score (nSPS) is 10.6. The standard InChI is InChI=1S/C14H16N2O3/c1-3-19-13(17)8-9-16-10(2)15-12-7-5-4-6-11(12)14(16)18/h4-7H,3,8-9H2,1-2H3. The molecule has 0 amide bonds. The smallest absolute Gasteiger partial charge is 0.307 e. The number of ether oxygens (including phenoxy) is 1. The lowest BCUT2D eigenvalue weighted by atomic mass is 10.2. The van der Waals surface area contributed by atoms with E-state index in [1.165, 1.54) is 4.57 Å². The molecular weight excluding hydrogens is 244 g/mol. The highest BCUT2D eigenvalue weighted by Crippen LogP contribution is 2.07. The molecule has 5 nitrogen and oxygen atoms in total. The van der Waals surface area contributed by atoms with Gasteiger partial charge in [-0.1, -0.05) is 12.1 Å². The summed E-state index contributed by atoms with van der Waals surface area (Å²) in [6.07, 6.45) is 0.175. The van der Waals surface area contributed by atoms with Crippen LogP contribution >= 0.6 is 0 Å². The van der Waals surface area contributed by atoms with Crippen LogP contribution in [0.5, 0.6) is 0 Å². The first-order valence-electron chi connectivity index (χ1n) is 6.25. The Morgan fingerprint density at radius 3 is 2.84 bits per heavy atom. The number of aryl methyl sites for hydroxylation is 1. The fraction of sp³-hybridized carbons (Fsp3) is 0.357. The molecule has 0 radical (unpaired) electrons. The van der Waals surface area contributed by atoms with Crippen LogP contribution in [0.2, 0.25) is 0 Å². The van der Waals surface area contributed by atoms with E-state index in [0.29, 0.717) is 29.9 Å². The first-order chi connectivity index (χ1) is 9.13. The van der Waals surface area contributed by atoms with Crippen molar-refractivity contribution in [3.8, 4) is 0 Å². The van der Waals surface area contributed by atoms with Crippen molar-refractivity contribution in [1.29, 1.82) is 0 Å². The summed E-state index contributed by atoms with van der Waals surface area (Å²) in [5.41, 5.74) is 0.560. The van der Waals surface area contributed by atoms with Gasteiger partial charge >= 0.3 is 5.97 Å². The number of para-hydroxylation sites is 1. The molecule has 0 unspecified atom stereocenters. The zero-order valence-corrected chi connectivity index (χ0v) is 11.0.